The second kappa shape index (κ2) is 7.47. The molecule has 5 rings (SSSR count). The van der Waals surface area contributed by atoms with E-state index >= 15 is 0 Å². The van der Waals surface area contributed by atoms with Crippen molar-refractivity contribution in [3.05, 3.63) is 66.4 Å². The summed E-state index contributed by atoms with van der Waals surface area (Å²) in [7, 11) is 0. The molecule has 1 fully saturated rings. The maximum Gasteiger partial charge on any atom is 0.246 e. The average Bonchev–Trinajstić information content (AvgIpc) is 3.41. The van der Waals surface area contributed by atoms with E-state index in [1.807, 2.05) is 53.4 Å². The molecule has 0 bridgehead atoms. The summed E-state index contributed by atoms with van der Waals surface area (Å²) in [4.78, 5) is 18.8. The van der Waals surface area contributed by atoms with Gasteiger partial charge in [-0.05, 0) is 35.9 Å². The second-order valence-electron chi connectivity index (χ2n) is 7.09. The summed E-state index contributed by atoms with van der Waals surface area (Å²) in [6.45, 7) is 1.48. The van der Waals surface area contributed by atoms with Crippen molar-refractivity contribution in [3.63, 3.8) is 0 Å². The Kier molecular flexibility index (Phi) is 4.52. The number of aromatic nitrogens is 1. The van der Waals surface area contributed by atoms with E-state index in [0.29, 0.717) is 18.8 Å². The van der Waals surface area contributed by atoms with E-state index in [-0.39, 0.29) is 18.8 Å². The summed E-state index contributed by atoms with van der Waals surface area (Å²) in [6, 6.07) is 15.5. The molecule has 0 spiro atoms. The molecule has 1 amide bonds. The summed E-state index contributed by atoms with van der Waals surface area (Å²) in [5.74, 6) is 2.18. The highest BCUT2D eigenvalue weighted by atomic mass is 16.7. The molecule has 0 saturated carbocycles. The number of likely N-dealkylation sites (tertiary alicyclic amines) is 1. The van der Waals surface area contributed by atoms with E-state index in [4.69, 9.17) is 14.2 Å². The monoisotopic (exact) mass is 388 g/mol. The lowest BCUT2D eigenvalue weighted by atomic mass is 10.2. The van der Waals surface area contributed by atoms with Gasteiger partial charge in [-0.25, -0.2) is 0 Å². The first-order chi connectivity index (χ1) is 14.3. The third-order valence-electron chi connectivity index (χ3n) is 5.16. The van der Waals surface area contributed by atoms with Crippen molar-refractivity contribution < 1.29 is 19.0 Å². The fourth-order valence-corrected chi connectivity index (χ4v) is 3.67. The zero-order valence-electron chi connectivity index (χ0n) is 15.8. The molecule has 29 heavy (non-hydrogen) atoms. The lowest BCUT2D eigenvalue weighted by Gasteiger charge is -2.16. The van der Waals surface area contributed by atoms with Crippen LogP contribution in [0.25, 0.3) is 17.0 Å². The standard InChI is InChI=1S/C23H20N2O4/c26-22(9-7-16-6-8-19-21(13-16)28-15-27-19)25-12-10-18(14-25)29-20-5-1-3-17-4-2-11-24-23(17)20/h1-9,11,13,18H,10,12,14-15H2/b9-7+/t18-/m1/s1. The zero-order valence-corrected chi connectivity index (χ0v) is 15.8. The van der Waals surface area contributed by atoms with Crippen LogP contribution >= 0.6 is 0 Å². The van der Waals surface area contributed by atoms with Crippen molar-refractivity contribution in [1.29, 1.82) is 0 Å². The molecule has 6 nitrogen and oxygen atoms in total. The Bertz CT molecular complexity index is 1090. The molecular weight excluding hydrogens is 368 g/mol. The van der Waals surface area contributed by atoms with E-state index < -0.39 is 0 Å². The SMILES string of the molecule is O=C(/C=C/c1ccc2c(c1)OCO2)N1CC[C@@H](Oc2cccc3cccnc23)C1. The minimum absolute atomic E-state index is 0.0233. The molecule has 2 aromatic carbocycles. The predicted molar refractivity (Wildman–Crippen MR) is 109 cm³/mol. The molecule has 146 valence electrons. The van der Waals surface area contributed by atoms with E-state index in [1.54, 1.807) is 18.3 Å². The van der Waals surface area contributed by atoms with Gasteiger partial charge < -0.3 is 19.1 Å². The molecule has 2 aliphatic rings. The van der Waals surface area contributed by atoms with Crippen molar-refractivity contribution in [2.24, 2.45) is 0 Å². The van der Waals surface area contributed by atoms with Crippen LogP contribution < -0.4 is 14.2 Å². The number of carbonyl (C=O) groups is 1. The number of rotatable bonds is 4. The van der Waals surface area contributed by atoms with Gasteiger partial charge in [-0.2, -0.15) is 0 Å². The third kappa shape index (κ3) is 3.61. The Balaban J connectivity index is 1.23. The predicted octanol–water partition coefficient (Wildman–Crippen LogP) is 3.66. The summed E-state index contributed by atoms with van der Waals surface area (Å²) in [6.07, 6.45) is 5.92. The van der Waals surface area contributed by atoms with Gasteiger partial charge in [-0.15, -0.1) is 0 Å². The van der Waals surface area contributed by atoms with Crippen LogP contribution in [0.5, 0.6) is 17.2 Å². The van der Waals surface area contributed by atoms with E-state index in [0.717, 1.165) is 34.4 Å². The summed E-state index contributed by atoms with van der Waals surface area (Å²) < 4.78 is 16.9. The average molecular weight is 388 g/mol. The molecule has 6 heteroatoms. The van der Waals surface area contributed by atoms with E-state index in [1.165, 1.54) is 0 Å². The maximum absolute atomic E-state index is 12.6. The normalized spacial score (nSPS) is 17.9. The van der Waals surface area contributed by atoms with Gasteiger partial charge in [0.25, 0.3) is 0 Å². The fraction of sp³-hybridized carbons (Fsp3) is 0.217. The molecule has 2 aliphatic heterocycles. The van der Waals surface area contributed by atoms with Crippen LogP contribution in [0, 0.1) is 0 Å². The topological polar surface area (TPSA) is 60.9 Å². The van der Waals surface area contributed by atoms with Gasteiger partial charge >= 0.3 is 0 Å². The van der Waals surface area contributed by atoms with Crippen LogP contribution in [0.4, 0.5) is 0 Å². The summed E-state index contributed by atoms with van der Waals surface area (Å²) >= 11 is 0. The molecule has 1 atom stereocenters. The number of pyridine rings is 1. The first-order valence-electron chi connectivity index (χ1n) is 9.63. The van der Waals surface area contributed by atoms with Gasteiger partial charge in [0.1, 0.15) is 17.4 Å². The van der Waals surface area contributed by atoms with E-state index in [2.05, 4.69) is 4.98 Å². The van der Waals surface area contributed by atoms with Crippen molar-refractivity contribution in [2.45, 2.75) is 12.5 Å². The van der Waals surface area contributed by atoms with Gasteiger partial charge in [0.05, 0.1) is 6.54 Å². The number of amides is 1. The Morgan fingerprint density at radius 3 is 3.00 bits per heavy atom. The number of nitrogens with zero attached hydrogens (tertiary/aromatic N) is 2. The lowest BCUT2D eigenvalue weighted by molar-refractivity contribution is -0.125. The lowest BCUT2D eigenvalue weighted by Crippen LogP contribution is -2.29. The molecule has 1 aromatic heterocycles. The Morgan fingerprint density at radius 1 is 1.14 bits per heavy atom. The van der Waals surface area contributed by atoms with Gasteiger partial charge in [0.2, 0.25) is 12.7 Å². The van der Waals surface area contributed by atoms with E-state index in [9.17, 15) is 4.79 Å². The number of ether oxygens (including phenoxy) is 3. The molecule has 0 radical (unpaired) electrons. The molecule has 3 aromatic rings. The second-order valence-corrected chi connectivity index (χ2v) is 7.09. The van der Waals surface area contributed by atoms with Crippen LogP contribution in [0.2, 0.25) is 0 Å². The number of benzene rings is 2. The van der Waals surface area contributed by atoms with Crippen molar-refractivity contribution in [2.75, 3.05) is 19.9 Å². The Labute approximate surface area is 168 Å². The highest BCUT2D eigenvalue weighted by Crippen LogP contribution is 2.33. The highest BCUT2D eigenvalue weighted by molar-refractivity contribution is 5.92. The number of hydrogen-bond acceptors (Lipinski definition) is 5. The fourth-order valence-electron chi connectivity index (χ4n) is 3.67. The van der Waals surface area contributed by atoms with Crippen LogP contribution in [0.15, 0.2) is 60.8 Å². The van der Waals surface area contributed by atoms with Gasteiger partial charge in [-0.1, -0.05) is 24.3 Å². The van der Waals surface area contributed by atoms with Crippen LogP contribution in [-0.2, 0) is 4.79 Å². The largest absolute Gasteiger partial charge is 0.486 e. The molecule has 0 aliphatic carbocycles. The van der Waals surface area contributed by atoms with Crippen LogP contribution in [-0.4, -0.2) is 41.8 Å². The molecular formula is C23H20N2O4. The smallest absolute Gasteiger partial charge is 0.246 e. The highest BCUT2D eigenvalue weighted by Gasteiger charge is 2.27. The minimum atomic E-state index is -0.0366. The van der Waals surface area contributed by atoms with Gasteiger partial charge in [-0.3, -0.25) is 9.78 Å². The Morgan fingerprint density at radius 2 is 2.03 bits per heavy atom. The molecule has 3 heterocycles. The van der Waals surface area contributed by atoms with Gasteiger partial charge in [0.15, 0.2) is 11.5 Å². The van der Waals surface area contributed by atoms with Gasteiger partial charge in [0, 0.05) is 30.6 Å². The molecule has 0 N–H and O–H groups in total. The minimum Gasteiger partial charge on any atom is -0.486 e. The van der Waals surface area contributed by atoms with Crippen molar-refractivity contribution >= 4 is 22.9 Å². The first-order valence-corrected chi connectivity index (χ1v) is 9.63. The maximum atomic E-state index is 12.6. The van der Waals surface area contributed by atoms with Crippen LogP contribution in [0.3, 0.4) is 0 Å². The quantitative estimate of drug-likeness (QED) is 0.639. The van der Waals surface area contributed by atoms with Crippen molar-refractivity contribution in [1.82, 2.24) is 9.88 Å². The summed E-state index contributed by atoms with van der Waals surface area (Å²) in [5, 5.41) is 1.04. The first kappa shape index (κ1) is 17.6. The number of para-hydroxylation sites is 1. The molecule has 1 saturated heterocycles. The number of hydrogen-bond donors (Lipinski definition) is 0. The number of fused-ring (bicyclic) bond motifs is 2. The molecule has 0 unspecified atom stereocenters. The van der Waals surface area contributed by atoms with Crippen LogP contribution in [0.1, 0.15) is 12.0 Å². The third-order valence-corrected chi connectivity index (χ3v) is 5.16. The summed E-state index contributed by atoms with van der Waals surface area (Å²) in [5.41, 5.74) is 1.75. The number of carbonyl (C=O) groups excluding carboxylic acids is 1. The van der Waals surface area contributed by atoms with Crippen molar-refractivity contribution in [3.8, 4) is 17.2 Å². The Hall–Kier alpha value is -3.54. The zero-order chi connectivity index (χ0) is 19.6.